The van der Waals surface area contributed by atoms with Gasteiger partial charge in [-0.05, 0) is 12.1 Å². The van der Waals surface area contributed by atoms with Gasteiger partial charge in [0, 0.05) is 40.5 Å². The van der Waals surface area contributed by atoms with Gasteiger partial charge < -0.3 is 20.4 Å². The molecule has 3 N–H and O–H groups in total. The molecule has 0 amide bonds. The number of nitrogens with two attached hydrogens (primary N) is 1. The van der Waals surface area contributed by atoms with Crippen molar-refractivity contribution in [1.29, 1.82) is 0 Å². The van der Waals surface area contributed by atoms with E-state index in [1.807, 2.05) is 0 Å². The molecule has 0 saturated carbocycles. The van der Waals surface area contributed by atoms with Gasteiger partial charge in [0.25, 0.3) is 0 Å². The maximum Gasteiger partial charge on any atom is 0.109 e. The number of fused-ring (bicyclic) bond motifs is 3. The summed E-state index contributed by atoms with van der Waals surface area (Å²) < 4.78 is 5.39. The number of morpholine rings is 1. The number of thiocarbonyl (C=S) groups is 2. The number of hydrogen-bond donors (Lipinski definition) is 2. The van der Waals surface area contributed by atoms with E-state index in [0.717, 1.165) is 47.9 Å². The lowest BCUT2D eigenvalue weighted by molar-refractivity contribution is 0.0693. The first-order valence-corrected chi connectivity index (χ1v) is 8.65. The van der Waals surface area contributed by atoms with Crippen LogP contribution < -0.4 is 5.73 Å². The van der Waals surface area contributed by atoms with E-state index in [-0.39, 0.29) is 0 Å². The Kier molecular flexibility index (Phi) is 5.40. The molecule has 1 aliphatic rings. The fourth-order valence-electron chi connectivity index (χ4n) is 2.94. The number of para-hydroxylation sites is 1. The van der Waals surface area contributed by atoms with Crippen molar-refractivity contribution >= 4 is 56.7 Å². The van der Waals surface area contributed by atoms with Crippen LogP contribution in [0.4, 0.5) is 0 Å². The Morgan fingerprint density at radius 2 is 1.75 bits per heavy atom. The predicted octanol–water partition coefficient (Wildman–Crippen LogP) is 3.23. The molecular formula is C18H19N3OS2. The van der Waals surface area contributed by atoms with Crippen molar-refractivity contribution in [2.75, 3.05) is 26.3 Å². The topological polar surface area (TPSA) is 54.3 Å². The Bertz CT molecular complexity index is 869. The largest absolute Gasteiger partial charge is 0.396 e. The number of hydrogen-bond acceptors (Lipinski definition) is 3. The third-order valence-electron chi connectivity index (χ3n) is 4.05. The molecule has 0 spiro atoms. The number of nitrogens with zero attached hydrogens (tertiary/aromatic N) is 1. The number of benzene rings is 2. The molecule has 2 heterocycles. The van der Waals surface area contributed by atoms with E-state index in [0.29, 0.717) is 0 Å². The molecule has 1 fully saturated rings. The number of H-pyrrole nitrogens is 1. The van der Waals surface area contributed by atoms with Crippen molar-refractivity contribution in [2.45, 2.75) is 0 Å². The van der Waals surface area contributed by atoms with E-state index < -0.39 is 0 Å². The lowest BCUT2D eigenvalue weighted by Crippen LogP contribution is -2.40. The van der Waals surface area contributed by atoms with E-state index in [1.165, 1.54) is 16.3 Å². The molecule has 1 aromatic heterocycles. The van der Waals surface area contributed by atoms with Gasteiger partial charge >= 0.3 is 0 Å². The van der Waals surface area contributed by atoms with Gasteiger partial charge in [0.1, 0.15) is 4.99 Å². The molecule has 4 nitrogen and oxygen atoms in total. The number of rotatable bonds is 1. The summed E-state index contributed by atoms with van der Waals surface area (Å²) >= 11 is 9.69. The summed E-state index contributed by atoms with van der Waals surface area (Å²) in [6, 6.07) is 14.8. The van der Waals surface area contributed by atoms with Crippen LogP contribution in [0.3, 0.4) is 0 Å². The van der Waals surface area contributed by atoms with Crippen molar-refractivity contribution in [3.8, 4) is 0 Å². The van der Waals surface area contributed by atoms with E-state index in [1.54, 1.807) is 0 Å². The first-order valence-electron chi connectivity index (χ1n) is 7.77. The van der Waals surface area contributed by atoms with Gasteiger partial charge in [0.2, 0.25) is 0 Å². The number of ether oxygens (including phenoxy) is 1. The summed E-state index contributed by atoms with van der Waals surface area (Å²) in [6.07, 6.45) is 0. The minimum atomic E-state index is 0.759. The van der Waals surface area contributed by atoms with Gasteiger partial charge in [-0.25, -0.2) is 0 Å². The predicted molar refractivity (Wildman–Crippen MR) is 108 cm³/mol. The molecule has 1 saturated heterocycles. The van der Waals surface area contributed by atoms with Crippen LogP contribution in [0.2, 0.25) is 0 Å². The average molecular weight is 358 g/mol. The van der Waals surface area contributed by atoms with Gasteiger partial charge in [-0.1, -0.05) is 54.8 Å². The van der Waals surface area contributed by atoms with E-state index >= 15 is 0 Å². The van der Waals surface area contributed by atoms with E-state index in [2.05, 4.69) is 70.3 Å². The van der Waals surface area contributed by atoms with Crippen LogP contribution in [0.5, 0.6) is 0 Å². The second kappa shape index (κ2) is 7.70. The van der Waals surface area contributed by atoms with Crippen molar-refractivity contribution in [3.05, 3.63) is 48.0 Å². The Labute approximate surface area is 151 Å². The maximum atomic E-state index is 5.64. The van der Waals surface area contributed by atoms with Gasteiger partial charge in [0.15, 0.2) is 0 Å². The molecule has 0 unspecified atom stereocenters. The highest BCUT2D eigenvalue weighted by Crippen LogP contribution is 2.26. The molecular weight excluding hydrogens is 338 g/mol. The highest BCUT2D eigenvalue weighted by atomic mass is 32.1. The smallest absolute Gasteiger partial charge is 0.109 e. The van der Waals surface area contributed by atoms with E-state index in [9.17, 15) is 0 Å². The maximum absolute atomic E-state index is 5.64. The molecule has 0 atom stereocenters. The Balaban J connectivity index is 0.000000526. The third kappa shape index (κ3) is 3.40. The minimum absolute atomic E-state index is 0.759. The zero-order chi connectivity index (χ0) is 16.9. The second-order valence-corrected chi connectivity index (χ2v) is 6.13. The van der Waals surface area contributed by atoms with Crippen LogP contribution >= 0.6 is 24.4 Å². The van der Waals surface area contributed by atoms with Crippen LogP contribution in [0.1, 0.15) is 5.56 Å². The molecule has 0 radical (unpaired) electrons. The van der Waals surface area contributed by atoms with Crippen molar-refractivity contribution in [1.82, 2.24) is 9.88 Å². The zero-order valence-electron chi connectivity index (χ0n) is 13.2. The first-order chi connectivity index (χ1) is 11.7. The van der Waals surface area contributed by atoms with Crippen LogP contribution in [0, 0.1) is 0 Å². The van der Waals surface area contributed by atoms with Crippen LogP contribution in [0.25, 0.3) is 21.8 Å². The summed E-state index contributed by atoms with van der Waals surface area (Å²) in [6.45, 7) is 3.27. The van der Waals surface area contributed by atoms with Crippen molar-refractivity contribution in [3.63, 3.8) is 0 Å². The Morgan fingerprint density at radius 3 is 2.50 bits per heavy atom. The lowest BCUT2D eigenvalue weighted by Gasteiger charge is -2.29. The highest BCUT2D eigenvalue weighted by molar-refractivity contribution is 7.80. The van der Waals surface area contributed by atoms with Crippen LogP contribution in [0.15, 0.2) is 42.5 Å². The SMILES string of the molecule is NC=S.S=C(c1ccc2c(c1)[nH]c1ccccc12)N1CCOCC1. The van der Waals surface area contributed by atoms with Gasteiger partial charge in [-0.15, -0.1) is 0 Å². The fourth-order valence-corrected chi connectivity index (χ4v) is 3.25. The lowest BCUT2D eigenvalue weighted by atomic mass is 10.1. The normalized spacial score (nSPS) is 14.2. The molecule has 0 bridgehead atoms. The molecule has 4 rings (SSSR count). The molecule has 1 aliphatic heterocycles. The monoisotopic (exact) mass is 357 g/mol. The van der Waals surface area contributed by atoms with Gasteiger partial charge in [-0.2, -0.15) is 0 Å². The standard InChI is InChI=1S/C17H16N2OS.CH3NS/c21-17(19-7-9-20-10-8-19)12-5-6-14-13-3-1-2-4-15(13)18-16(14)11-12;2-1-3/h1-6,11,18H,7-10H2;1H,(H2,2,3). The summed E-state index contributed by atoms with van der Waals surface area (Å²) in [7, 11) is 0. The number of aromatic nitrogens is 1. The zero-order valence-corrected chi connectivity index (χ0v) is 14.8. The second-order valence-electron chi connectivity index (χ2n) is 5.47. The highest BCUT2D eigenvalue weighted by Gasteiger charge is 2.16. The Morgan fingerprint density at radius 1 is 1.08 bits per heavy atom. The molecule has 2 aromatic carbocycles. The van der Waals surface area contributed by atoms with E-state index in [4.69, 9.17) is 17.0 Å². The first kappa shape index (κ1) is 16.8. The fraction of sp³-hybridized carbons (Fsp3) is 0.222. The number of aromatic amines is 1. The quantitative estimate of drug-likeness (QED) is 0.655. The molecule has 6 heteroatoms. The van der Waals surface area contributed by atoms with Crippen LogP contribution in [-0.2, 0) is 4.74 Å². The van der Waals surface area contributed by atoms with Crippen molar-refractivity contribution in [2.24, 2.45) is 5.73 Å². The molecule has 124 valence electrons. The van der Waals surface area contributed by atoms with Crippen LogP contribution in [-0.4, -0.2) is 46.7 Å². The van der Waals surface area contributed by atoms with Gasteiger partial charge in [-0.3, -0.25) is 0 Å². The summed E-state index contributed by atoms with van der Waals surface area (Å²) in [4.78, 5) is 6.61. The minimum Gasteiger partial charge on any atom is -0.396 e. The Hall–Kier alpha value is -2.02. The average Bonchev–Trinajstić information content (AvgIpc) is 3.00. The summed E-state index contributed by atoms with van der Waals surface area (Å²) in [5.74, 6) is 0. The molecule has 3 aromatic rings. The van der Waals surface area contributed by atoms with Gasteiger partial charge in [0.05, 0.1) is 18.7 Å². The third-order valence-corrected chi connectivity index (χ3v) is 4.55. The molecule has 24 heavy (non-hydrogen) atoms. The molecule has 0 aliphatic carbocycles. The summed E-state index contributed by atoms with van der Waals surface area (Å²) in [5, 5.41) is 2.51. The summed E-state index contributed by atoms with van der Waals surface area (Å²) in [5.41, 5.74) is 9.03. The van der Waals surface area contributed by atoms with Crippen molar-refractivity contribution < 1.29 is 4.74 Å². The number of nitrogens with one attached hydrogen (secondary N) is 1.